The minimum absolute atomic E-state index is 0.193. The van der Waals surface area contributed by atoms with Crippen molar-refractivity contribution in [3.63, 3.8) is 0 Å². The van der Waals surface area contributed by atoms with E-state index in [-0.39, 0.29) is 12.1 Å². The number of halogens is 1. The van der Waals surface area contributed by atoms with Crippen LogP contribution in [-0.2, 0) is 11.3 Å². The highest BCUT2D eigenvalue weighted by Gasteiger charge is 2.36. The number of hydrogen-bond donors (Lipinski definition) is 1. The average Bonchev–Trinajstić information content (AvgIpc) is 2.97. The molecule has 1 aromatic heterocycles. The molecule has 0 unspecified atom stereocenters. The van der Waals surface area contributed by atoms with Gasteiger partial charge in [0.2, 0.25) is 0 Å². The van der Waals surface area contributed by atoms with E-state index >= 15 is 0 Å². The molecule has 24 heavy (non-hydrogen) atoms. The van der Waals surface area contributed by atoms with Crippen molar-refractivity contribution in [3.8, 4) is 0 Å². The predicted octanol–water partition coefficient (Wildman–Crippen LogP) is 1.77. The zero-order valence-corrected chi connectivity index (χ0v) is 14.3. The highest BCUT2D eigenvalue weighted by Crippen LogP contribution is 2.23. The van der Waals surface area contributed by atoms with Crippen LogP contribution in [0.15, 0.2) is 30.3 Å². The monoisotopic (exact) mass is 347 g/mol. The molecule has 0 spiro atoms. The number of fused-ring (bicyclic) bond motifs is 1. The Bertz CT molecular complexity index is 720. The summed E-state index contributed by atoms with van der Waals surface area (Å²) in [6, 6.07) is 10.1. The Balaban J connectivity index is 1.46. The Morgan fingerprint density at radius 2 is 2.00 bits per heavy atom. The number of aliphatic hydroxyl groups is 1. The van der Waals surface area contributed by atoms with E-state index in [0.29, 0.717) is 11.6 Å². The topological polar surface area (TPSA) is 48.8 Å². The van der Waals surface area contributed by atoms with Crippen LogP contribution in [0.1, 0.15) is 5.69 Å². The Hall–Kier alpha value is -1.24. The van der Waals surface area contributed by atoms with E-state index in [2.05, 4.69) is 15.9 Å². The number of likely N-dealkylation sites (tertiary alicyclic amines) is 1. The van der Waals surface area contributed by atoms with Gasteiger partial charge >= 0.3 is 0 Å². The summed E-state index contributed by atoms with van der Waals surface area (Å²) in [4.78, 5) is 9.33. The average molecular weight is 348 g/mol. The number of pyridine rings is 1. The molecule has 0 saturated carbocycles. The van der Waals surface area contributed by atoms with Gasteiger partial charge in [0, 0.05) is 44.2 Å². The van der Waals surface area contributed by atoms with Crippen molar-refractivity contribution in [3.05, 3.63) is 41.0 Å². The van der Waals surface area contributed by atoms with E-state index in [4.69, 9.17) is 21.3 Å². The van der Waals surface area contributed by atoms with E-state index in [0.717, 1.165) is 56.0 Å². The maximum Gasteiger partial charge on any atom is 0.0891 e. The minimum atomic E-state index is -0.313. The van der Waals surface area contributed by atoms with Crippen molar-refractivity contribution in [2.24, 2.45) is 0 Å². The maximum atomic E-state index is 10.4. The van der Waals surface area contributed by atoms with E-state index in [9.17, 15) is 5.11 Å². The van der Waals surface area contributed by atoms with Crippen molar-refractivity contribution in [1.29, 1.82) is 0 Å². The molecule has 2 aliphatic rings. The quantitative estimate of drug-likeness (QED) is 0.917. The number of rotatable bonds is 3. The molecule has 2 aliphatic heterocycles. The minimum Gasteiger partial charge on any atom is -0.390 e. The van der Waals surface area contributed by atoms with Crippen molar-refractivity contribution in [2.45, 2.75) is 18.7 Å². The number of aromatic nitrogens is 1. The van der Waals surface area contributed by atoms with Gasteiger partial charge in [-0.25, -0.2) is 4.98 Å². The van der Waals surface area contributed by atoms with Gasteiger partial charge in [-0.3, -0.25) is 9.80 Å². The molecule has 6 heteroatoms. The first-order valence-electron chi connectivity index (χ1n) is 8.47. The molecule has 2 aromatic rings. The third-order valence-electron chi connectivity index (χ3n) is 4.96. The van der Waals surface area contributed by atoms with Gasteiger partial charge in [0.25, 0.3) is 0 Å². The number of benzene rings is 1. The maximum absolute atomic E-state index is 10.4. The lowest BCUT2D eigenvalue weighted by molar-refractivity contribution is -0.00618. The molecule has 1 N–H and O–H groups in total. The number of ether oxygens (including phenoxy) is 1. The molecular formula is C18H22ClN3O2. The number of nitrogens with zero attached hydrogens (tertiary/aromatic N) is 3. The fourth-order valence-electron chi connectivity index (χ4n) is 3.71. The molecule has 0 radical (unpaired) electrons. The van der Waals surface area contributed by atoms with E-state index in [1.54, 1.807) is 0 Å². The number of morpholine rings is 1. The van der Waals surface area contributed by atoms with Gasteiger partial charge < -0.3 is 9.84 Å². The van der Waals surface area contributed by atoms with Crippen LogP contribution < -0.4 is 0 Å². The summed E-state index contributed by atoms with van der Waals surface area (Å²) in [6.45, 7) is 5.60. The SMILES string of the molecule is O[C@H]1CN(Cc2ccc3cccc(Cl)c3n2)C[C@@H]1N1CCOCC1. The van der Waals surface area contributed by atoms with Crippen molar-refractivity contribution in [2.75, 3.05) is 39.4 Å². The standard InChI is InChI=1S/C18H22ClN3O2/c19-15-3-1-2-13-4-5-14(20-18(13)15)10-21-11-16(17(23)12-21)22-6-8-24-9-7-22/h1-5,16-17,23H,6-12H2/t16-,17-/m0/s1. The van der Waals surface area contributed by atoms with Crippen LogP contribution in [0.2, 0.25) is 5.02 Å². The zero-order valence-electron chi connectivity index (χ0n) is 13.6. The summed E-state index contributed by atoms with van der Waals surface area (Å²) in [6.07, 6.45) is -0.313. The Morgan fingerprint density at radius 1 is 1.17 bits per heavy atom. The molecule has 1 aromatic carbocycles. The summed E-state index contributed by atoms with van der Waals surface area (Å²) >= 11 is 6.26. The lowest BCUT2D eigenvalue weighted by Crippen LogP contribution is -2.48. The number of aliphatic hydroxyl groups excluding tert-OH is 1. The normalized spacial score (nSPS) is 26.2. The van der Waals surface area contributed by atoms with Crippen LogP contribution in [-0.4, -0.2) is 71.4 Å². The van der Waals surface area contributed by atoms with Gasteiger partial charge in [0.15, 0.2) is 0 Å². The Kier molecular flexibility index (Phi) is 4.70. The molecule has 2 atom stereocenters. The number of para-hydroxylation sites is 1. The lowest BCUT2D eigenvalue weighted by atomic mass is 10.1. The summed E-state index contributed by atoms with van der Waals surface area (Å²) < 4.78 is 5.41. The molecule has 4 rings (SSSR count). The van der Waals surface area contributed by atoms with Gasteiger partial charge in [-0.1, -0.05) is 29.8 Å². The number of β-amino-alcohol motifs (C(OH)–C–C–N with tert-alkyl or cyclic N) is 1. The van der Waals surface area contributed by atoms with Gasteiger partial charge in [0.05, 0.1) is 35.6 Å². The molecule has 0 aliphatic carbocycles. The molecule has 5 nitrogen and oxygen atoms in total. The summed E-state index contributed by atoms with van der Waals surface area (Å²) in [5.41, 5.74) is 1.84. The second-order valence-electron chi connectivity index (χ2n) is 6.59. The second kappa shape index (κ2) is 6.94. The third kappa shape index (κ3) is 3.27. The van der Waals surface area contributed by atoms with E-state index < -0.39 is 0 Å². The van der Waals surface area contributed by atoms with E-state index in [1.807, 2.05) is 24.3 Å². The second-order valence-corrected chi connectivity index (χ2v) is 7.00. The van der Waals surface area contributed by atoms with Crippen LogP contribution in [0.3, 0.4) is 0 Å². The zero-order chi connectivity index (χ0) is 16.5. The third-order valence-corrected chi connectivity index (χ3v) is 5.27. The fraction of sp³-hybridized carbons (Fsp3) is 0.500. The van der Waals surface area contributed by atoms with Gasteiger partial charge in [-0.2, -0.15) is 0 Å². The molecule has 0 bridgehead atoms. The Labute approximate surface area is 146 Å². The first-order chi connectivity index (χ1) is 11.7. The van der Waals surface area contributed by atoms with Crippen LogP contribution in [0.25, 0.3) is 10.9 Å². The molecule has 0 amide bonds. The van der Waals surface area contributed by atoms with Crippen LogP contribution in [0.4, 0.5) is 0 Å². The molecule has 3 heterocycles. The Morgan fingerprint density at radius 3 is 2.83 bits per heavy atom. The van der Waals surface area contributed by atoms with Crippen LogP contribution >= 0.6 is 11.6 Å². The smallest absolute Gasteiger partial charge is 0.0891 e. The van der Waals surface area contributed by atoms with Gasteiger partial charge in [-0.15, -0.1) is 0 Å². The van der Waals surface area contributed by atoms with Crippen molar-refractivity contribution < 1.29 is 9.84 Å². The molecule has 2 fully saturated rings. The van der Waals surface area contributed by atoms with Gasteiger partial charge in [-0.05, 0) is 12.1 Å². The van der Waals surface area contributed by atoms with Crippen molar-refractivity contribution >= 4 is 22.5 Å². The van der Waals surface area contributed by atoms with Crippen LogP contribution in [0, 0.1) is 0 Å². The highest BCUT2D eigenvalue weighted by molar-refractivity contribution is 6.35. The summed E-state index contributed by atoms with van der Waals surface area (Å²) in [5.74, 6) is 0. The van der Waals surface area contributed by atoms with Crippen molar-refractivity contribution in [1.82, 2.24) is 14.8 Å². The number of hydrogen-bond acceptors (Lipinski definition) is 5. The molecular weight excluding hydrogens is 326 g/mol. The summed E-state index contributed by atoms with van der Waals surface area (Å²) in [5, 5.41) is 12.2. The first-order valence-corrected chi connectivity index (χ1v) is 8.85. The molecule has 128 valence electrons. The largest absolute Gasteiger partial charge is 0.390 e. The highest BCUT2D eigenvalue weighted by atomic mass is 35.5. The first kappa shape index (κ1) is 16.2. The fourth-order valence-corrected chi connectivity index (χ4v) is 3.94. The van der Waals surface area contributed by atoms with E-state index in [1.165, 1.54) is 0 Å². The summed E-state index contributed by atoms with van der Waals surface area (Å²) in [7, 11) is 0. The van der Waals surface area contributed by atoms with Crippen LogP contribution in [0.5, 0.6) is 0 Å². The lowest BCUT2D eigenvalue weighted by Gasteiger charge is -2.33. The van der Waals surface area contributed by atoms with Gasteiger partial charge in [0.1, 0.15) is 0 Å². The predicted molar refractivity (Wildman–Crippen MR) is 94.2 cm³/mol. The molecule has 2 saturated heterocycles.